The van der Waals surface area contributed by atoms with Gasteiger partial charge in [0.2, 0.25) is 0 Å². The summed E-state index contributed by atoms with van der Waals surface area (Å²) in [6.45, 7) is 3.01. The standard InChI is InChI=1S/C8H13IO/c1-2-3-4-8-7(9)5-6-10-8/h2-3,7-8H,4-6H2,1H3/b3-2+/t7-,8-/m0/s1. The Morgan fingerprint density at radius 2 is 2.50 bits per heavy atom. The molecule has 2 atom stereocenters. The van der Waals surface area contributed by atoms with Crippen LogP contribution in [0.2, 0.25) is 0 Å². The van der Waals surface area contributed by atoms with Crippen LogP contribution in [0.4, 0.5) is 0 Å². The van der Waals surface area contributed by atoms with Gasteiger partial charge in [0, 0.05) is 10.5 Å². The lowest BCUT2D eigenvalue weighted by atomic mass is 10.2. The van der Waals surface area contributed by atoms with Crippen LogP contribution in [0.1, 0.15) is 19.8 Å². The Hall–Kier alpha value is 0.430. The number of hydrogen-bond acceptors (Lipinski definition) is 1. The zero-order chi connectivity index (χ0) is 7.40. The molecule has 0 unspecified atom stereocenters. The third-order valence-electron chi connectivity index (χ3n) is 1.73. The van der Waals surface area contributed by atoms with Crippen molar-refractivity contribution < 1.29 is 4.74 Å². The fraction of sp³-hybridized carbons (Fsp3) is 0.750. The monoisotopic (exact) mass is 252 g/mol. The molecule has 1 fully saturated rings. The van der Waals surface area contributed by atoms with E-state index < -0.39 is 0 Å². The van der Waals surface area contributed by atoms with Gasteiger partial charge < -0.3 is 4.74 Å². The van der Waals surface area contributed by atoms with Crippen molar-refractivity contribution in [2.75, 3.05) is 6.61 Å². The van der Waals surface area contributed by atoms with Gasteiger partial charge in [-0.05, 0) is 19.8 Å². The van der Waals surface area contributed by atoms with Gasteiger partial charge >= 0.3 is 0 Å². The van der Waals surface area contributed by atoms with Crippen molar-refractivity contribution in [2.45, 2.75) is 29.8 Å². The second-order valence-electron chi connectivity index (χ2n) is 2.52. The quantitative estimate of drug-likeness (QED) is 0.417. The summed E-state index contributed by atoms with van der Waals surface area (Å²) in [5, 5.41) is 0. The van der Waals surface area contributed by atoms with Crippen LogP contribution in [-0.4, -0.2) is 16.6 Å². The third-order valence-corrected chi connectivity index (χ3v) is 3.16. The first-order chi connectivity index (χ1) is 4.84. The highest BCUT2D eigenvalue weighted by Crippen LogP contribution is 2.24. The van der Waals surface area contributed by atoms with E-state index >= 15 is 0 Å². The Bertz CT molecular complexity index is 122. The molecule has 1 nitrogen and oxygen atoms in total. The highest BCUT2D eigenvalue weighted by atomic mass is 127. The van der Waals surface area contributed by atoms with E-state index in [1.54, 1.807) is 0 Å². The summed E-state index contributed by atoms with van der Waals surface area (Å²) in [4.78, 5) is 0. The number of hydrogen-bond donors (Lipinski definition) is 0. The minimum absolute atomic E-state index is 0.483. The summed E-state index contributed by atoms with van der Waals surface area (Å²) in [5.74, 6) is 0. The molecule has 1 saturated heterocycles. The number of alkyl halides is 1. The van der Waals surface area contributed by atoms with Crippen molar-refractivity contribution in [1.29, 1.82) is 0 Å². The maximum Gasteiger partial charge on any atom is 0.0727 e. The topological polar surface area (TPSA) is 9.23 Å². The molecule has 1 aliphatic heterocycles. The molecule has 0 amide bonds. The molecule has 2 heteroatoms. The Balaban J connectivity index is 2.26. The first-order valence-corrected chi connectivity index (χ1v) is 4.96. The molecular weight excluding hydrogens is 239 g/mol. The number of rotatable bonds is 2. The van der Waals surface area contributed by atoms with E-state index in [1.807, 2.05) is 0 Å². The van der Waals surface area contributed by atoms with Crippen molar-refractivity contribution in [1.82, 2.24) is 0 Å². The Morgan fingerprint density at radius 3 is 3.00 bits per heavy atom. The molecule has 0 aromatic carbocycles. The molecule has 0 aliphatic carbocycles. The highest BCUT2D eigenvalue weighted by molar-refractivity contribution is 14.1. The summed E-state index contributed by atoms with van der Waals surface area (Å²) in [7, 11) is 0. The summed E-state index contributed by atoms with van der Waals surface area (Å²) in [5.41, 5.74) is 0. The molecule has 58 valence electrons. The molecule has 1 aliphatic rings. The minimum atomic E-state index is 0.483. The van der Waals surface area contributed by atoms with E-state index in [0.29, 0.717) is 6.10 Å². The van der Waals surface area contributed by atoms with Gasteiger partial charge in [-0.25, -0.2) is 0 Å². The maximum atomic E-state index is 5.51. The lowest BCUT2D eigenvalue weighted by Gasteiger charge is -2.09. The molecule has 0 saturated carbocycles. The molecule has 0 radical (unpaired) electrons. The highest BCUT2D eigenvalue weighted by Gasteiger charge is 2.23. The predicted octanol–water partition coefficient (Wildman–Crippen LogP) is 2.55. The first kappa shape index (κ1) is 8.53. The second-order valence-corrected chi connectivity index (χ2v) is 4.12. The number of allylic oxidation sites excluding steroid dienone is 1. The van der Waals surface area contributed by atoms with E-state index in [4.69, 9.17) is 4.74 Å². The average molecular weight is 252 g/mol. The number of halogens is 1. The zero-order valence-electron chi connectivity index (χ0n) is 6.22. The average Bonchev–Trinajstić information content (AvgIpc) is 2.31. The largest absolute Gasteiger partial charge is 0.377 e. The van der Waals surface area contributed by atoms with E-state index in [-0.39, 0.29) is 0 Å². The van der Waals surface area contributed by atoms with Gasteiger partial charge in [0.15, 0.2) is 0 Å². The molecule has 0 spiro atoms. The SMILES string of the molecule is C/C=C/C[C@@H]1OCC[C@@H]1I. The third kappa shape index (κ3) is 2.23. The van der Waals surface area contributed by atoms with Gasteiger partial charge in [-0.3, -0.25) is 0 Å². The molecular formula is C8H13IO. The molecule has 0 aromatic rings. The molecule has 0 N–H and O–H groups in total. The van der Waals surface area contributed by atoms with E-state index in [9.17, 15) is 0 Å². The van der Waals surface area contributed by atoms with Crippen LogP contribution in [-0.2, 0) is 4.74 Å². The van der Waals surface area contributed by atoms with Crippen LogP contribution < -0.4 is 0 Å². The number of ether oxygens (including phenoxy) is 1. The van der Waals surface area contributed by atoms with Gasteiger partial charge in [0.05, 0.1) is 6.10 Å². The lowest BCUT2D eigenvalue weighted by molar-refractivity contribution is 0.117. The van der Waals surface area contributed by atoms with Crippen molar-refractivity contribution in [2.24, 2.45) is 0 Å². The Kier molecular flexibility index (Phi) is 3.70. The van der Waals surface area contributed by atoms with Crippen molar-refractivity contribution in [3.05, 3.63) is 12.2 Å². The van der Waals surface area contributed by atoms with Gasteiger partial charge in [-0.2, -0.15) is 0 Å². The van der Waals surface area contributed by atoms with Gasteiger partial charge in [-0.15, -0.1) is 0 Å². The summed E-state index contributed by atoms with van der Waals surface area (Å²) >= 11 is 2.47. The summed E-state index contributed by atoms with van der Waals surface area (Å²) < 4.78 is 6.24. The molecule has 0 bridgehead atoms. The van der Waals surface area contributed by atoms with Gasteiger partial charge in [-0.1, -0.05) is 34.7 Å². The van der Waals surface area contributed by atoms with Crippen LogP contribution in [0, 0.1) is 0 Å². The van der Waals surface area contributed by atoms with Crippen LogP contribution in [0.5, 0.6) is 0 Å². The summed E-state index contributed by atoms with van der Waals surface area (Å²) in [6, 6.07) is 0. The Morgan fingerprint density at radius 1 is 1.70 bits per heavy atom. The van der Waals surface area contributed by atoms with Gasteiger partial charge in [0.25, 0.3) is 0 Å². The van der Waals surface area contributed by atoms with E-state index in [1.165, 1.54) is 6.42 Å². The van der Waals surface area contributed by atoms with E-state index in [2.05, 4.69) is 41.7 Å². The smallest absolute Gasteiger partial charge is 0.0727 e. The molecule has 0 aromatic heterocycles. The van der Waals surface area contributed by atoms with Crippen LogP contribution in [0.3, 0.4) is 0 Å². The fourth-order valence-corrected chi connectivity index (χ4v) is 1.86. The molecule has 1 heterocycles. The maximum absolute atomic E-state index is 5.51. The van der Waals surface area contributed by atoms with Crippen molar-refractivity contribution in [3.8, 4) is 0 Å². The molecule has 10 heavy (non-hydrogen) atoms. The first-order valence-electron chi connectivity index (χ1n) is 3.71. The predicted molar refractivity (Wildman–Crippen MR) is 51.6 cm³/mol. The summed E-state index contributed by atoms with van der Waals surface area (Å²) in [6.07, 6.45) is 7.07. The van der Waals surface area contributed by atoms with Crippen molar-refractivity contribution in [3.63, 3.8) is 0 Å². The Labute approximate surface area is 76.0 Å². The second kappa shape index (κ2) is 4.34. The van der Waals surface area contributed by atoms with E-state index in [0.717, 1.165) is 17.0 Å². The lowest BCUT2D eigenvalue weighted by Crippen LogP contribution is -2.13. The van der Waals surface area contributed by atoms with Crippen LogP contribution in [0.25, 0.3) is 0 Å². The molecule has 1 rings (SSSR count). The minimum Gasteiger partial charge on any atom is -0.377 e. The van der Waals surface area contributed by atoms with Crippen LogP contribution >= 0.6 is 22.6 Å². The fourth-order valence-electron chi connectivity index (χ4n) is 1.11. The normalized spacial score (nSPS) is 33.8. The van der Waals surface area contributed by atoms with Gasteiger partial charge in [0.1, 0.15) is 0 Å². The van der Waals surface area contributed by atoms with Crippen LogP contribution in [0.15, 0.2) is 12.2 Å². The van der Waals surface area contributed by atoms with Crippen molar-refractivity contribution >= 4 is 22.6 Å². The zero-order valence-corrected chi connectivity index (χ0v) is 8.37.